The van der Waals surface area contributed by atoms with Gasteiger partial charge in [-0.25, -0.2) is 9.07 Å². The SMILES string of the molecule is Cc1c([C@H]2CN3CCN(C(=O)Cc4ccc(-n5cnnn5)cc4)C[C@H]3CN2)ccc(F)c1C#N. The van der Waals surface area contributed by atoms with Crippen molar-refractivity contribution in [2.75, 3.05) is 32.7 Å². The highest BCUT2D eigenvalue weighted by Crippen LogP contribution is 2.27. The van der Waals surface area contributed by atoms with E-state index < -0.39 is 5.82 Å². The van der Waals surface area contributed by atoms with Crippen molar-refractivity contribution in [3.05, 3.63) is 70.8 Å². The van der Waals surface area contributed by atoms with Crippen molar-refractivity contribution in [2.45, 2.75) is 25.4 Å². The maximum Gasteiger partial charge on any atom is 0.227 e. The molecule has 2 aliphatic rings. The molecule has 0 unspecified atom stereocenters. The van der Waals surface area contributed by atoms with E-state index in [-0.39, 0.29) is 23.6 Å². The number of carbonyl (C=O) groups is 1. The van der Waals surface area contributed by atoms with Gasteiger partial charge in [0.2, 0.25) is 5.91 Å². The van der Waals surface area contributed by atoms with Crippen molar-refractivity contribution in [3.63, 3.8) is 0 Å². The van der Waals surface area contributed by atoms with Gasteiger partial charge in [-0.05, 0) is 52.2 Å². The minimum atomic E-state index is -0.477. The van der Waals surface area contributed by atoms with Crippen LogP contribution in [0.4, 0.5) is 4.39 Å². The van der Waals surface area contributed by atoms with Crippen LogP contribution in [-0.2, 0) is 11.2 Å². The number of hydrogen-bond acceptors (Lipinski definition) is 7. The summed E-state index contributed by atoms with van der Waals surface area (Å²) in [4.78, 5) is 17.3. The molecule has 5 rings (SSSR count). The van der Waals surface area contributed by atoms with E-state index in [4.69, 9.17) is 0 Å². The molecule has 2 saturated heterocycles. The maximum absolute atomic E-state index is 13.9. The maximum atomic E-state index is 13.9. The zero-order chi connectivity index (χ0) is 23.7. The first-order valence-corrected chi connectivity index (χ1v) is 11.3. The Balaban J connectivity index is 1.19. The molecule has 0 radical (unpaired) electrons. The zero-order valence-corrected chi connectivity index (χ0v) is 18.9. The van der Waals surface area contributed by atoms with E-state index in [1.54, 1.807) is 17.7 Å². The molecule has 0 spiro atoms. The van der Waals surface area contributed by atoms with E-state index in [0.29, 0.717) is 25.1 Å². The highest BCUT2D eigenvalue weighted by atomic mass is 19.1. The fourth-order valence-electron chi connectivity index (χ4n) is 4.88. The normalized spacial score (nSPS) is 20.6. The molecular formula is C24H25FN8O. The highest BCUT2D eigenvalue weighted by Gasteiger charge is 2.35. The molecule has 3 heterocycles. The summed E-state index contributed by atoms with van der Waals surface area (Å²) in [6.45, 7) is 5.44. The van der Waals surface area contributed by atoms with Crippen molar-refractivity contribution >= 4 is 5.91 Å². The van der Waals surface area contributed by atoms with Gasteiger partial charge >= 0.3 is 0 Å². The minimum Gasteiger partial charge on any atom is -0.340 e. The standard InChI is InChI=1S/C24H25FN8O/c1-16-20(6-7-22(25)21(16)11-26)23-14-31-8-9-32(13-19(31)12-27-23)24(34)10-17-2-4-18(5-3-17)33-15-28-29-30-33/h2-7,15,19,23,27H,8-10,12-14H2,1H3/t19-,23-/m1/s1. The van der Waals surface area contributed by atoms with Crippen LogP contribution in [-0.4, -0.2) is 74.7 Å². The second-order valence-corrected chi connectivity index (χ2v) is 8.80. The number of amides is 1. The van der Waals surface area contributed by atoms with Crippen LogP contribution in [0, 0.1) is 24.1 Å². The molecule has 2 fully saturated rings. The lowest BCUT2D eigenvalue weighted by atomic mass is 9.93. The van der Waals surface area contributed by atoms with Crippen molar-refractivity contribution < 1.29 is 9.18 Å². The van der Waals surface area contributed by atoms with E-state index >= 15 is 0 Å². The first kappa shape index (κ1) is 22.1. The van der Waals surface area contributed by atoms with E-state index in [1.807, 2.05) is 35.2 Å². The van der Waals surface area contributed by atoms with Crippen molar-refractivity contribution in [3.8, 4) is 11.8 Å². The fraction of sp³-hybridized carbons (Fsp3) is 0.375. The largest absolute Gasteiger partial charge is 0.340 e. The van der Waals surface area contributed by atoms with Crippen LogP contribution in [0.1, 0.15) is 28.3 Å². The van der Waals surface area contributed by atoms with Crippen LogP contribution in [0.25, 0.3) is 5.69 Å². The van der Waals surface area contributed by atoms with Gasteiger partial charge in [0.1, 0.15) is 18.2 Å². The molecule has 3 aromatic rings. The molecule has 0 bridgehead atoms. The van der Waals surface area contributed by atoms with Crippen LogP contribution in [0.3, 0.4) is 0 Å². The number of nitrogens with one attached hydrogen (secondary N) is 1. The molecule has 1 aromatic heterocycles. The summed E-state index contributed by atoms with van der Waals surface area (Å²) in [6, 6.07) is 13.0. The number of fused-ring (bicyclic) bond motifs is 1. The Bertz CT molecular complexity index is 1220. The summed E-state index contributed by atoms with van der Waals surface area (Å²) in [5, 5.41) is 24.0. The summed E-state index contributed by atoms with van der Waals surface area (Å²) in [7, 11) is 0. The molecule has 0 aliphatic carbocycles. The van der Waals surface area contributed by atoms with E-state index in [9.17, 15) is 14.4 Å². The van der Waals surface area contributed by atoms with Crippen LogP contribution >= 0.6 is 0 Å². The smallest absolute Gasteiger partial charge is 0.227 e. The van der Waals surface area contributed by atoms with Gasteiger partial charge in [0.25, 0.3) is 0 Å². The first-order chi connectivity index (χ1) is 16.5. The molecule has 1 N–H and O–H groups in total. The van der Waals surface area contributed by atoms with Gasteiger partial charge in [-0.2, -0.15) is 5.26 Å². The Morgan fingerprint density at radius 2 is 2.03 bits per heavy atom. The average Bonchev–Trinajstić information content (AvgIpc) is 3.39. The molecule has 2 atom stereocenters. The molecule has 2 aromatic carbocycles. The zero-order valence-electron chi connectivity index (χ0n) is 18.9. The summed E-state index contributed by atoms with van der Waals surface area (Å²) < 4.78 is 15.5. The molecule has 1 amide bonds. The summed E-state index contributed by atoms with van der Waals surface area (Å²) in [5.74, 6) is -0.361. The number of carbonyl (C=O) groups excluding carboxylic acids is 1. The Morgan fingerprint density at radius 1 is 1.21 bits per heavy atom. The Labute approximate surface area is 196 Å². The third-order valence-corrected chi connectivity index (χ3v) is 6.82. The molecule has 174 valence electrons. The number of tetrazole rings is 1. The predicted molar refractivity (Wildman–Crippen MR) is 121 cm³/mol. The second kappa shape index (κ2) is 9.29. The fourth-order valence-corrected chi connectivity index (χ4v) is 4.88. The Hall–Kier alpha value is -3.68. The second-order valence-electron chi connectivity index (χ2n) is 8.80. The number of halogens is 1. The number of nitrogens with zero attached hydrogens (tertiary/aromatic N) is 7. The highest BCUT2D eigenvalue weighted by molar-refractivity contribution is 5.79. The van der Waals surface area contributed by atoms with Gasteiger partial charge in [-0.3, -0.25) is 9.69 Å². The number of rotatable bonds is 4. The quantitative estimate of drug-likeness (QED) is 0.628. The number of hydrogen-bond donors (Lipinski definition) is 1. The molecule has 2 aliphatic heterocycles. The lowest BCUT2D eigenvalue weighted by Crippen LogP contribution is -2.62. The van der Waals surface area contributed by atoms with Crippen LogP contribution in [0.5, 0.6) is 0 Å². The third kappa shape index (κ3) is 4.27. The Morgan fingerprint density at radius 3 is 2.76 bits per heavy atom. The number of piperazine rings is 2. The minimum absolute atomic E-state index is 0.0323. The topological polar surface area (TPSA) is 103 Å². The predicted octanol–water partition coefficient (Wildman–Crippen LogP) is 1.38. The van der Waals surface area contributed by atoms with Gasteiger partial charge in [0.15, 0.2) is 0 Å². The van der Waals surface area contributed by atoms with E-state index in [2.05, 4.69) is 25.7 Å². The van der Waals surface area contributed by atoms with Gasteiger partial charge < -0.3 is 10.2 Å². The molecule has 0 saturated carbocycles. The number of benzene rings is 2. The third-order valence-electron chi connectivity index (χ3n) is 6.82. The monoisotopic (exact) mass is 460 g/mol. The van der Waals surface area contributed by atoms with Crippen molar-refractivity contribution in [2.24, 2.45) is 0 Å². The summed E-state index contributed by atoms with van der Waals surface area (Å²) in [5.41, 5.74) is 3.56. The van der Waals surface area contributed by atoms with Crippen molar-refractivity contribution in [1.29, 1.82) is 5.26 Å². The lowest BCUT2D eigenvalue weighted by Gasteiger charge is -2.47. The van der Waals surface area contributed by atoms with E-state index in [1.165, 1.54) is 12.4 Å². The average molecular weight is 461 g/mol. The summed E-state index contributed by atoms with van der Waals surface area (Å²) >= 11 is 0. The van der Waals surface area contributed by atoms with Crippen LogP contribution < -0.4 is 5.32 Å². The summed E-state index contributed by atoms with van der Waals surface area (Å²) in [6.07, 6.45) is 1.88. The first-order valence-electron chi connectivity index (χ1n) is 11.3. The number of aromatic nitrogens is 4. The lowest BCUT2D eigenvalue weighted by molar-refractivity contribution is -0.134. The molecular weight excluding hydrogens is 435 g/mol. The van der Waals surface area contributed by atoms with Crippen molar-refractivity contribution in [1.82, 2.24) is 35.3 Å². The van der Waals surface area contributed by atoms with Gasteiger partial charge in [0.05, 0.1) is 17.7 Å². The molecule has 9 nitrogen and oxygen atoms in total. The van der Waals surface area contributed by atoms with E-state index in [0.717, 1.165) is 36.4 Å². The van der Waals surface area contributed by atoms with Gasteiger partial charge in [-0.1, -0.05) is 18.2 Å². The van der Waals surface area contributed by atoms with Crippen LogP contribution in [0.15, 0.2) is 42.7 Å². The Kier molecular flexibility index (Phi) is 6.04. The molecule has 10 heteroatoms. The van der Waals surface area contributed by atoms with Crippen LogP contribution in [0.2, 0.25) is 0 Å². The van der Waals surface area contributed by atoms with Gasteiger partial charge in [0, 0.05) is 44.8 Å². The van der Waals surface area contributed by atoms with Gasteiger partial charge in [-0.15, -0.1) is 5.10 Å². The molecule has 34 heavy (non-hydrogen) atoms. The number of nitriles is 1.